The van der Waals surface area contributed by atoms with Crippen molar-refractivity contribution in [3.8, 4) is 5.75 Å². The van der Waals surface area contributed by atoms with Gasteiger partial charge in [0.1, 0.15) is 18.9 Å². The molecule has 0 spiro atoms. The van der Waals surface area contributed by atoms with Crippen molar-refractivity contribution in [1.29, 1.82) is 0 Å². The maximum Gasteiger partial charge on any atom is 0.240 e. The lowest BCUT2D eigenvalue weighted by Crippen LogP contribution is -2.41. The molecule has 0 saturated carbocycles. The van der Waals surface area contributed by atoms with Crippen molar-refractivity contribution >= 4 is 44.2 Å². The summed E-state index contributed by atoms with van der Waals surface area (Å²) in [4.78, 5) is 12.1. The topological polar surface area (TPSA) is 75.7 Å². The number of nitrogens with zero attached hydrogens (tertiary/aromatic N) is 1. The molecule has 2 aromatic carbocycles. The van der Waals surface area contributed by atoms with Crippen molar-refractivity contribution in [3.05, 3.63) is 58.2 Å². The van der Waals surface area contributed by atoms with Gasteiger partial charge in [0.15, 0.2) is 0 Å². The van der Waals surface area contributed by atoms with Gasteiger partial charge in [0.2, 0.25) is 15.9 Å². The van der Waals surface area contributed by atoms with Crippen LogP contribution in [-0.2, 0) is 14.8 Å². The van der Waals surface area contributed by atoms with E-state index in [-0.39, 0.29) is 19.0 Å². The maximum absolute atomic E-state index is 12.1. The standard InChI is InChI=1S/C17H19IN2O4S/c1-25(22,23)20(15-9-7-14(18)8-10-15)13-17(21)19-11-12-24-16-5-3-2-4-6-16/h2-10H,11-13H2,1H3,(H,19,21). The molecule has 0 aliphatic rings. The molecule has 0 fully saturated rings. The summed E-state index contributed by atoms with van der Waals surface area (Å²) in [7, 11) is -3.56. The van der Waals surface area contributed by atoms with Crippen LogP contribution in [0.4, 0.5) is 5.69 Å². The number of carbonyl (C=O) groups excluding carboxylic acids is 1. The number of rotatable bonds is 8. The van der Waals surface area contributed by atoms with Crippen LogP contribution in [0.2, 0.25) is 0 Å². The van der Waals surface area contributed by atoms with Gasteiger partial charge in [-0.2, -0.15) is 0 Å². The lowest BCUT2D eigenvalue weighted by molar-refractivity contribution is -0.119. The minimum Gasteiger partial charge on any atom is -0.492 e. The van der Waals surface area contributed by atoms with Gasteiger partial charge in [0.05, 0.1) is 18.5 Å². The number of hydrogen-bond donors (Lipinski definition) is 1. The predicted octanol–water partition coefficient (Wildman–Crippen LogP) is 2.25. The van der Waals surface area contributed by atoms with E-state index in [4.69, 9.17) is 4.74 Å². The van der Waals surface area contributed by atoms with Gasteiger partial charge in [-0.3, -0.25) is 9.10 Å². The molecule has 6 nitrogen and oxygen atoms in total. The summed E-state index contributed by atoms with van der Waals surface area (Å²) in [5.74, 6) is 0.328. The molecule has 0 heterocycles. The zero-order valence-electron chi connectivity index (χ0n) is 13.7. The van der Waals surface area contributed by atoms with Crippen molar-refractivity contribution in [2.75, 3.05) is 30.3 Å². The number of carbonyl (C=O) groups is 1. The first-order valence-corrected chi connectivity index (χ1v) is 10.5. The maximum atomic E-state index is 12.1. The monoisotopic (exact) mass is 474 g/mol. The Bertz CT molecular complexity index is 795. The molecule has 0 unspecified atom stereocenters. The summed E-state index contributed by atoms with van der Waals surface area (Å²) in [5.41, 5.74) is 0.457. The molecule has 0 aromatic heterocycles. The van der Waals surface area contributed by atoms with E-state index in [2.05, 4.69) is 27.9 Å². The fourth-order valence-electron chi connectivity index (χ4n) is 2.07. The number of nitrogens with one attached hydrogen (secondary N) is 1. The van der Waals surface area contributed by atoms with Crippen LogP contribution >= 0.6 is 22.6 Å². The second-order valence-corrected chi connectivity index (χ2v) is 8.41. The second-order valence-electron chi connectivity index (χ2n) is 5.26. The first kappa shape index (κ1) is 19.5. The molecule has 2 aromatic rings. The third kappa shape index (κ3) is 6.54. The Balaban J connectivity index is 1.88. The number of hydrogen-bond acceptors (Lipinski definition) is 4. The van der Waals surface area contributed by atoms with Crippen molar-refractivity contribution in [3.63, 3.8) is 0 Å². The quantitative estimate of drug-likeness (QED) is 0.471. The summed E-state index contributed by atoms with van der Waals surface area (Å²) in [5, 5.41) is 2.67. The Morgan fingerprint density at radius 1 is 1.12 bits per heavy atom. The van der Waals surface area contributed by atoms with E-state index in [1.807, 2.05) is 30.3 Å². The number of sulfonamides is 1. The average Bonchev–Trinajstić information content (AvgIpc) is 2.57. The number of anilines is 1. The molecule has 2 rings (SSSR count). The zero-order chi connectivity index (χ0) is 18.3. The molecule has 0 atom stereocenters. The van der Waals surface area contributed by atoms with E-state index in [1.54, 1.807) is 24.3 Å². The van der Waals surface area contributed by atoms with Crippen molar-refractivity contribution in [2.45, 2.75) is 0 Å². The van der Waals surface area contributed by atoms with Crippen molar-refractivity contribution < 1.29 is 17.9 Å². The van der Waals surface area contributed by atoms with Crippen LogP contribution in [0, 0.1) is 3.57 Å². The highest BCUT2D eigenvalue weighted by molar-refractivity contribution is 14.1. The van der Waals surface area contributed by atoms with Gasteiger partial charge in [-0.25, -0.2) is 8.42 Å². The smallest absolute Gasteiger partial charge is 0.240 e. The fraction of sp³-hybridized carbons (Fsp3) is 0.235. The molecule has 0 radical (unpaired) electrons. The highest BCUT2D eigenvalue weighted by atomic mass is 127. The van der Waals surface area contributed by atoms with Crippen LogP contribution in [0.3, 0.4) is 0 Å². The van der Waals surface area contributed by atoms with E-state index < -0.39 is 10.0 Å². The summed E-state index contributed by atoms with van der Waals surface area (Å²) < 4.78 is 31.5. The van der Waals surface area contributed by atoms with Crippen LogP contribution in [0.5, 0.6) is 5.75 Å². The Morgan fingerprint density at radius 3 is 2.36 bits per heavy atom. The lowest BCUT2D eigenvalue weighted by atomic mass is 10.3. The molecular weight excluding hydrogens is 455 g/mol. The number of benzene rings is 2. The van der Waals surface area contributed by atoms with Crippen LogP contribution in [0.25, 0.3) is 0 Å². The van der Waals surface area contributed by atoms with Gasteiger partial charge in [0.25, 0.3) is 0 Å². The third-order valence-electron chi connectivity index (χ3n) is 3.24. The Morgan fingerprint density at radius 2 is 1.76 bits per heavy atom. The molecule has 8 heteroatoms. The molecule has 0 bridgehead atoms. The normalized spacial score (nSPS) is 11.0. The van der Waals surface area contributed by atoms with Crippen LogP contribution in [0.15, 0.2) is 54.6 Å². The zero-order valence-corrected chi connectivity index (χ0v) is 16.7. The Kier molecular flexibility index (Phi) is 7.06. The van der Waals surface area contributed by atoms with Gasteiger partial charge in [-0.05, 0) is 59.0 Å². The fourth-order valence-corrected chi connectivity index (χ4v) is 3.29. The van der Waals surface area contributed by atoms with Gasteiger partial charge in [-0.1, -0.05) is 18.2 Å². The number of amides is 1. The third-order valence-corrected chi connectivity index (χ3v) is 5.10. The molecule has 25 heavy (non-hydrogen) atoms. The molecule has 1 amide bonds. The van der Waals surface area contributed by atoms with E-state index >= 15 is 0 Å². The Hall–Kier alpha value is -1.81. The summed E-state index contributed by atoms with van der Waals surface area (Å²) in [6.07, 6.45) is 1.08. The summed E-state index contributed by atoms with van der Waals surface area (Å²) >= 11 is 2.13. The molecule has 134 valence electrons. The minimum atomic E-state index is -3.56. The first-order valence-electron chi connectivity index (χ1n) is 7.54. The highest BCUT2D eigenvalue weighted by Gasteiger charge is 2.20. The second kappa shape index (κ2) is 9.04. The van der Waals surface area contributed by atoms with E-state index in [0.717, 1.165) is 14.1 Å². The van der Waals surface area contributed by atoms with E-state index in [1.165, 1.54) is 0 Å². The number of ether oxygens (including phenoxy) is 1. The minimum absolute atomic E-state index is 0.273. The molecule has 1 N–H and O–H groups in total. The van der Waals surface area contributed by atoms with Gasteiger partial charge in [0, 0.05) is 3.57 Å². The molecule has 0 saturated heterocycles. The van der Waals surface area contributed by atoms with Crippen molar-refractivity contribution in [1.82, 2.24) is 5.32 Å². The van der Waals surface area contributed by atoms with Crippen LogP contribution < -0.4 is 14.4 Å². The summed E-state index contributed by atoms with van der Waals surface area (Å²) in [6.45, 7) is 0.320. The first-order chi connectivity index (χ1) is 11.9. The number of halogens is 1. The largest absolute Gasteiger partial charge is 0.492 e. The number of para-hydroxylation sites is 1. The SMILES string of the molecule is CS(=O)(=O)N(CC(=O)NCCOc1ccccc1)c1ccc(I)cc1. The Labute approximate surface area is 161 Å². The highest BCUT2D eigenvalue weighted by Crippen LogP contribution is 2.18. The van der Waals surface area contributed by atoms with Gasteiger partial charge >= 0.3 is 0 Å². The predicted molar refractivity (Wildman–Crippen MR) is 106 cm³/mol. The van der Waals surface area contributed by atoms with Crippen molar-refractivity contribution in [2.24, 2.45) is 0 Å². The lowest BCUT2D eigenvalue weighted by Gasteiger charge is -2.22. The van der Waals surface area contributed by atoms with Crippen LogP contribution in [0.1, 0.15) is 0 Å². The average molecular weight is 474 g/mol. The van der Waals surface area contributed by atoms with E-state index in [9.17, 15) is 13.2 Å². The molecular formula is C17H19IN2O4S. The van der Waals surface area contributed by atoms with Gasteiger partial charge < -0.3 is 10.1 Å². The van der Waals surface area contributed by atoms with Gasteiger partial charge in [-0.15, -0.1) is 0 Å². The summed E-state index contributed by atoms with van der Waals surface area (Å²) in [6, 6.07) is 16.2. The van der Waals surface area contributed by atoms with Crippen LogP contribution in [-0.4, -0.2) is 40.3 Å². The molecule has 0 aliphatic heterocycles. The van der Waals surface area contributed by atoms with E-state index in [0.29, 0.717) is 18.0 Å². The molecule has 0 aliphatic carbocycles.